The van der Waals surface area contributed by atoms with Gasteiger partial charge in [0.05, 0.1) is 22.8 Å². The van der Waals surface area contributed by atoms with E-state index in [1.54, 1.807) is 36.5 Å². The minimum absolute atomic E-state index is 0.161. The maximum atomic E-state index is 12.0. The Kier molecular flexibility index (Phi) is 4.58. The first-order valence-electron chi connectivity index (χ1n) is 6.31. The second-order valence-corrected chi connectivity index (χ2v) is 4.74. The number of phenolic OH excluding ortho intramolecular Hbond substituents is 1. The maximum absolute atomic E-state index is 12.0. The van der Waals surface area contributed by atoms with Gasteiger partial charge in [-0.05, 0) is 30.2 Å². The molecule has 0 fully saturated rings. The van der Waals surface area contributed by atoms with Gasteiger partial charge in [0.2, 0.25) is 5.91 Å². The molecule has 1 aromatic carbocycles. The van der Waals surface area contributed by atoms with Crippen LogP contribution in [-0.4, -0.2) is 16.0 Å². The van der Waals surface area contributed by atoms with Crippen molar-refractivity contribution < 1.29 is 9.90 Å². The molecule has 0 unspecified atom stereocenters. The van der Waals surface area contributed by atoms with Gasteiger partial charge in [0.25, 0.3) is 0 Å². The number of hydrogen-bond donors (Lipinski definition) is 2. The summed E-state index contributed by atoms with van der Waals surface area (Å²) in [5.74, 6) is 0.0183. The van der Waals surface area contributed by atoms with Crippen LogP contribution >= 0.6 is 11.6 Å². The molecule has 1 heterocycles. The van der Waals surface area contributed by atoms with Crippen molar-refractivity contribution in [2.24, 2.45) is 0 Å². The van der Waals surface area contributed by atoms with Crippen LogP contribution in [0.3, 0.4) is 0 Å². The molecule has 0 aliphatic rings. The van der Waals surface area contributed by atoms with E-state index >= 15 is 0 Å². The van der Waals surface area contributed by atoms with E-state index in [0.717, 1.165) is 11.3 Å². The third-order valence-electron chi connectivity index (χ3n) is 2.87. The molecule has 0 spiro atoms. The summed E-state index contributed by atoms with van der Waals surface area (Å²) in [5, 5.41) is 12.5. The van der Waals surface area contributed by atoms with E-state index in [1.807, 2.05) is 6.92 Å². The van der Waals surface area contributed by atoms with E-state index in [-0.39, 0.29) is 18.1 Å². The van der Waals surface area contributed by atoms with Crippen molar-refractivity contribution in [3.8, 4) is 5.75 Å². The molecule has 2 N–H and O–H groups in total. The molecule has 0 radical (unpaired) electrons. The first-order valence-corrected chi connectivity index (χ1v) is 6.69. The van der Waals surface area contributed by atoms with Gasteiger partial charge >= 0.3 is 0 Å². The number of aromatic hydroxyl groups is 1. The molecular weight excluding hydrogens is 276 g/mol. The van der Waals surface area contributed by atoms with Gasteiger partial charge in [0.1, 0.15) is 5.75 Å². The second-order valence-electron chi connectivity index (χ2n) is 4.36. The lowest BCUT2D eigenvalue weighted by atomic mass is 10.1. The normalized spacial score (nSPS) is 10.3. The zero-order valence-electron chi connectivity index (χ0n) is 11.1. The van der Waals surface area contributed by atoms with E-state index in [9.17, 15) is 9.90 Å². The SMILES string of the molecule is CCc1nccc(NC(=O)Cc2ccc(O)cc2)c1Cl. The molecule has 20 heavy (non-hydrogen) atoms. The number of pyridine rings is 1. The predicted octanol–water partition coefficient (Wildman–Crippen LogP) is 3.18. The number of nitrogens with zero attached hydrogens (tertiary/aromatic N) is 1. The van der Waals surface area contributed by atoms with E-state index in [2.05, 4.69) is 10.3 Å². The molecule has 1 amide bonds. The summed E-state index contributed by atoms with van der Waals surface area (Å²) >= 11 is 6.17. The third kappa shape index (κ3) is 3.48. The molecule has 2 rings (SSSR count). The Morgan fingerprint density at radius 2 is 2.00 bits per heavy atom. The summed E-state index contributed by atoms with van der Waals surface area (Å²) in [6, 6.07) is 8.20. The van der Waals surface area contributed by atoms with Crippen LogP contribution in [0.2, 0.25) is 5.02 Å². The Balaban J connectivity index is 2.06. The summed E-state index contributed by atoms with van der Waals surface area (Å²) in [6.45, 7) is 1.95. The molecule has 0 atom stereocenters. The number of hydrogen-bond acceptors (Lipinski definition) is 3. The summed E-state index contributed by atoms with van der Waals surface area (Å²) in [4.78, 5) is 16.1. The number of carbonyl (C=O) groups is 1. The average molecular weight is 291 g/mol. The Labute approximate surface area is 122 Å². The van der Waals surface area contributed by atoms with Crippen molar-refractivity contribution in [1.29, 1.82) is 0 Å². The van der Waals surface area contributed by atoms with Crippen molar-refractivity contribution in [3.05, 3.63) is 52.8 Å². The van der Waals surface area contributed by atoms with Crippen LogP contribution in [0.25, 0.3) is 0 Å². The number of halogens is 1. The van der Waals surface area contributed by atoms with Gasteiger partial charge in [-0.25, -0.2) is 0 Å². The van der Waals surface area contributed by atoms with Gasteiger partial charge < -0.3 is 10.4 Å². The molecule has 0 bridgehead atoms. The highest BCUT2D eigenvalue weighted by molar-refractivity contribution is 6.34. The fourth-order valence-corrected chi connectivity index (χ4v) is 2.12. The summed E-state index contributed by atoms with van der Waals surface area (Å²) in [7, 11) is 0. The summed E-state index contributed by atoms with van der Waals surface area (Å²) in [5.41, 5.74) is 2.15. The van der Waals surface area contributed by atoms with Crippen LogP contribution in [0.4, 0.5) is 5.69 Å². The summed E-state index contributed by atoms with van der Waals surface area (Å²) < 4.78 is 0. The Morgan fingerprint density at radius 3 is 2.65 bits per heavy atom. The van der Waals surface area contributed by atoms with Crippen LogP contribution in [0.15, 0.2) is 36.5 Å². The number of nitrogens with one attached hydrogen (secondary N) is 1. The fourth-order valence-electron chi connectivity index (χ4n) is 1.82. The van der Waals surface area contributed by atoms with Crippen LogP contribution in [0, 0.1) is 0 Å². The van der Waals surface area contributed by atoms with Crippen LogP contribution in [0.5, 0.6) is 5.75 Å². The third-order valence-corrected chi connectivity index (χ3v) is 3.29. The monoisotopic (exact) mass is 290 g/mol. The zero-order valence-corrected chi connectivity index (χ0v) is 11.8. The number of anilines is 1. The lowest BCUT2D eigenvalue weighted by molar-refractivity contribution is -0.115. The predicted molar refractivity (Wildman–Crippen MR) is 79.1 cm³/mol. The van der Waals surface area contributed by atoms with Crippen molar-refractivity contribution in [1.82, 2.24) is 4.98 Å². The summed E-state index contributed by atoms with van der Waals surface area (Å²) in [6.07, 6.45) is 2.56. The largest absolute Gasteiger partial charge is 0.508 e. The lowest BCUT2D eigenvalue weighted by Crippen LogP contribution is -2.15. The van der Waals surface area contributed by atoms with Crippen LogP contribution < -0.4 is 5.32 Å². The minimum atomic E-state index is -0.161. The topological polar surface area (TPSA) is 62.2 Å². The van der Waals surface area contributed by atoms with Gasteiger partial charge in [-0.2, -0.15) is 0 Å². The molecule has 5 heteroatoms. The zero-order chi connectivity index (χ0) is 14.5. The van der Waals surface area contributed by atoms with Gasteiger partial charge in [0.15, 0.2) is 0 Å². The maximum Gasteiger partial charge on any atom is 0.228 e. The molecular formula is C15H15ClN2O2. The minimum Gasteiger partial charge on any atom is -0.508 e. The van der Waals surface area contributed by atoms with Crippen molar-refractivity contribution >= 4 is 23.2 Å². The molecule has 0 saturated heterocycles. The van der Waals surface area contributed by atoms with Gasteiger partial charge in [-0.15, -0.1) is 0 Å². The fraction of sp³-hybridized carbons (Fsp3) is 0.200. The highest BCUT2D eigenvalue weighted by Crippen LogP contribution is 2.24. The van der Waals surface area contributed by atoms with Crippen molar-refractivity contribution in [2.45, 2.75) is 19.8 Å². The number of aromatic nitrogens is 1. The molecule has 1 aromatic heterocycles. The van der Waals surface area contributed by atoms with E-state index in [1.165, 1.54) is 0 Å². The van der Waals surface area contributed by atoms with Crippen LogP contribution in [0.1, 0.15) is 18.2 Å². The number of benzene rings is 1. The molecule has 0 saturated carbocycles. The number of carbonyl (C=O) groups excluding carboxylic acids is 1. The number of aryl methyl sites for hydroxylation is 1. The van der Waals surface area contributed by atoms with Crippen LogP contribution in [-0.2, 0) is 17.6 Å². The Morgan fingerprint density at radius 1 is 1.30 bits per heavy atom. The molecule has 104 valence electrons. The second kappa shape index (κ2) is 6.39. The van der Waals surface area contributed by atoms with Gasteiger partial charge in [-0.1, -0.05) is 30.7 Å². The smallest absolute Gasteiger partial charge is 0.228 e. The van der Waals surface area contributed by atoms with E-state index < -0.39 is 0 Å². The van der Waals surface area contributed by atoms with Gasteiger partial charge in [0, 0.05) is 6.20 Å². The lowest BCUT2D eigenvalue weighted by Gasteiger charge is -2.09. The first-order chi connectivity index (χ1) is 9.60. The van der Waals surface area contributed by atoms with Crippen molar-refractivity contribution in [2.75, 3.05) is 5.32 Å². The van der Waals surface area contributed by atoms with Gasteiger partial charge in [-0.3, -0.25) is 9.78 Å². The van der Waals surface area contributed by atoms with Crippen molar-refractivity contribution in [3.63, 3.8) is 0 Å². The average Bonchev–Trinajstić information content (AvgIpc) is 2.44. The molecule has 4 nitrogen and oxygen atoms in total. The highest BCUT2D eigenvalue weighted by atomic mass is 35.5. The number of rotatable bonds is 4. The molecule has 2 aromatic rings. The Bertz CT molecular complexity index is 612. The number of phenols is 1. The Hall–Kier alpha value is -2.07. The quantitative estimate of drug-likeness (QED) is 0.909. The highest BCUT2D eigenvalue weighted by Gasteiger charge is 2.10. The molecule has 0 aliphatic carbocycles. The standard InChI is InChI=1S/C15H15ClN2O2/c1-2-12-15(16)13(7-8-17-12)18-14(20)9-10-3-5-11(19)6-4-10/h3-8,19H,2,9H2,1H3,(H,17,18,20). The first kappa shape index (κ1) is 14.3. The number of amides is 1. The van der Waals surface area contributed by atoms with E-state index in [4.69, 9.17) is 11.6 Å². The molecule has 0 aliphatic heterocycles. The van der Waals surface area contributed by atoms with E-state index in [0.29, 0.717) is 17.1 Å².